The van der Waals surface area contributed by atoms with Gasteiger partial charge in [0.25, 0.3) is 5.56 Å². The van der Waals surface area contributed by atoms with E-state index in [1.165, 1.54) is 20.2 Å². The number of halogens is 2. The molecule has 1 heterocycles. The molecule has 11 heteroatoms. The highest BCUT2D eigenvalue weighted by Crippen LogP contribution is 2.08. The summed E-state index contributed by atoms with van der Waals surface area (Å²) in [5.41, 5.74) is 0.958. The predicted molar refractivity (Wildman–Crippen MR) is 87.5 cm³/mol. The molecule has 8 nitrogen and oxygen atoms in total. The first-order valence-electron chi connectivity index (χ1n) is 6.83. The number of carbonyl (C=O) groups is 1. The van der Waals surface area contributed by atoms with Crippen LogP contribution in [0.1, 0.15) is 5.56 Å². The summed E-state index contributed by atoms with van der Waals surface area (Å²) in [4.78, 5) is 35.0. The maximum Gasteiger partial charge on any atom is 0.346 e. The predicted octanol–water partition coefficient (Wildman–Crippen LogP) is -0.000400. The molecule has 2 rings (SSSR count). The third-order valence-electron chi connectivity index (χ3n) is 2.99. The van der Waals surface area contributed by atoms with E-state index in [-0.39, 0.29) is 16.3 Å². The highest BCUT2D eigenvalue weighted by molar-refractivity contribution is 7.99. The summed E-state index contributed by atoms with van der Waals surface area (Å²) < 4.78 is 28.0. The Morgan fingerprint density at radius 1 is 1.36 bits per heavy atom. The first kappa shape index (κ1) is 18.5. The zero-order valence-corrected chi connectivity index (χ0v) is 14.0. The fourth-order valence-corrected chi connectivity index (χ4v) is 2.48. The molecular weight excluding hydrogens is 356 g/mol. The molecule has 1 aromatic heterocycles. The Morgan fingerprint density at radius 3 is 2.76 bits per heavy atom. The second kappa shape index (κ2) is 7.83. The molecule has 0 spiro atoms. The van der Waals surface area contributed by atoms with E-state index in [0.717, 1.165) is 33.3 Å². The van der Waals surface area contributed by atoms with E-state index >= 15 is 0 Å². The van der Waals surface area contributed by atoms with Crippen LogP contribution < -0.4 is 16.7 Å². The van der Waals surface area contributed by atoms with Gasteiger partial charge in [-0.05, 0) is 12.1 Å². The number of hydrogen-bond donors (Lipinski definition) is 1. The van der Waals surface area contributed by atoms with E-state index < -0.39 is 28.8 Å². The second-order valence-electron chi connectivity index (χ2n) is 4.82. The van der Waals surface area contributed by atoms with Crippen molar-refractivity contribution in [2.45, 2.75) is 5.03 Å². The van der Waals surface area contributed by atoms with Crippen molar-refractivity contribution in [2.75, 3.05) is 5.75 Å². The van der Waals surface area contributed by atoms with E-state index in [4.69, 9.17) is 0 Å². The van der Waals surface area contributed by atoms with Crippen molar-refractivity contribution < 1.29 is 13.6 Å². The van der Waals surface area contributed by atoms with E-state index in [1.54, 1.807) is 0 Å². The van der Waals surface area contributed by atoms with Gasteiger partial charge >= 0.3 is 5.69 Å². The molecule has 0 aliphatic carbocycles. The summed E-state index contributed by atoms with van der Waals surface area (Å²) in [5.74, 6) is -2.29. The van der Waals surface area contributed by atoms with Gasteiger partial charge in [0.2, 0.25) is 5.91 Å². The van der Waals surface area contributed by atoms with E-state index in [1.807, 2.05) is 0 Å². The molecule has 1 aromatic carbocycles. The van der Waals surface area contributed by atoms with Crippen molar-refractivity contribution >= 4 is 23.9 Å². The average molecular weight is 369 g/mol. The molecule has 0 saturated heterocycles. The molecular formula is C14H13F2N5O3S. The summed E-state index contributed by atoms with van der Waals surface area (Å²) in [7, 11) is 2.69. The van der Waals surface area contributed by atoms with Crippen molar-refractivity contribution in [1.29, 1.82) is 0 Å². The molecule has 0 aliphatic heterocycles. The molecule has 25 heavy (non-hydrogen) atoms. The van der Waals surface area contributed by atoms with Gasteiger partial charge in [0.1, 0.15) is 11.6 Å². The standard InChI is InChI=1S/C14H13F2N5O3S/c1-20-13(23)12(19-21(2)14(20)24)25-7-11(22)18-17-6-8-3-4-9(15)5-10(8)16/h3-6H,7H2,1-2H3,(H,18,22)/b17-6-. The van der Waals surface area contributed by atoms with Crippen molar-refractivity contribution in [3.05, 3.63) is 56.2 Å². The maximum absolute atomic E-state index is 13.4. The van der Waals surface area contributed by atoms with Crippen molar-refractivity contribution in [3.63, 3.8) is 0 Å². The molecule has 0 saturated carbocycles. The molecule has 0 fully saturated rings. The summed E-state index contributed by atoms with van der Waals surface area (Å²) in [5, 5.41) is 7.32. The minimum absolute atomic E-state index is 0.00273. The highest BCUT2D eigenvalue weighted by atomic mass is 32.2. The minimum atomic E-state index is -0.815. The van der Waals surface area contributed by atoms with Crippen molar-refractivity contribution in [3.8, 4) is 0 Å². The smallest absolute Gasteiger partial charge is 0.272 e. The molecule has 1 N–H and O–H groups in total. The van der Waals surface area contributed by atoms with Gasteiger partial charge in [-0.1, -0.05) is 11.8 Å². The van der Waals surface area contributed by atoms with Gasteiger partial charge in [0.05, 0.1) is 12.0 Å². The topological polar surface area (TPSA) is 98.3 Å². The van der Waals surface area contributed by atoms with E-state index in [0.29, 0.717) is 6.07 Å². The number of thioether (sulfide) groups is 1. The van der Waals surface area contributed by atoms with Gasteiger partial charge in [-0.3, -0.25) is 14.2 Å². The Morgan fingerprint density at radius 2 is 2.08 bits per heavy atom. The molecule has 0 unspecified atom stereocenters. The summed E-state index contributed by atoms with van der Waals surface area (Å²) in [6.45, 7) is 0. The molecule has 0 bridgehead atoms. The molecule has 0 radical (unpaired) electrons. The zero-order valence-electron chi connectivity index (χ0n) is 13.2. The van der Waals surface area contributed by atoms with E-state index in [9.17, 15) is 23.2 Å². The number of rotatable bonds is 5. The Hall–Kier alpha value is -2.82. The minimum Gasteiger partial charge on any atom is -0.272 e. The highest BCUT2D eigenvalue weighted by Gasteiger charge is 2.11. The van der Waals surface area contributed by atoms with Crippen LogP contribution in [0.2, 0.25) is 0 Å². The maximum atomic E-state index is 13.4. The fourth-order valence-electron chi connectivity index (χ4n) is 1.71. The second-order valence-corrected chi connectivity index (χ2v) is 5.79. The van der Waals surface area contributed by atoms with Gasteiger partial charge in [-0.15, -0.1) is 0 Å². The largest absolute Gasteiger partial charge is 0.346 e. The Balaban J connectivity index is 1.96. The molecule has 2 aromatic rings. The Labute approximate surface area is 144 Å². The molecule has 0 aliphatic rings. The quantitative estimate of drug-likeness (QED) is 0.454. The van der Waals surface area contributed by atoms with Crippen LogP contribution in [0.4, 0.5) is 8.78 Å². The van der Waals surface area contributed by atoms with Crippen LogP contribution >= 0.6 is 11.8 Å². The van der Waals surface area contributed by atoms with Crippen LogP contribution in [-0.2, 0) is 18.9 Å². The molecule has 1 amide bonds. The van der Waals surface area contributed by atoms with Crippen molar-refractivity contribution in [2.24, 2.45) is 19.2 Å². The monoisotopic (exact) mass is 369 g/mol. The zero-order chi connectivity index (χ0) is 18.6. The number of amides is 1. The van der Waals surface area contributed by atoms with Gasteiger partial charge < -0.3 is 0 Å². The van der Waals surface area contributed by atoms with Crippen LogP contribution in [0.25, 0.3) is 0 Å². The third-order valence-corrected chi connectivity index (χ3v) is 3.92. The van der Waals surface area contributed by atoms with Gasteiger partial charge in [0, 0.05) is 25.7 Å². The van der Waals surface area contributed by atoms with Crippen LogP contribution in [0.15, 0.2) is 37.9 Å². The van der Waals surface area contributed by atoms with E-state index in [2.05, 4.69) is 15.6 Å². The van der Waals surface area contributed by atoms with Crippen molar-refractivity contribution in [1.82, 2.24) is 19.8 Å². The number of carbonyl (C=O) groups excluding carboxylic acids is 1. The van der Waals surface area contributed by atoms with Crippen LogP contribution in [0.3, 0.4) is 0 Å². The fraction of sp³-hybridized carbons (Fsp3) is 0.214. The SMILES string of the molecule is Cn1nc(SCC(=O)N/N=C\c2ccc(F)cc2F)c(=O)n(C)c1=O. The molecule has 0 atom stereocenters. The lowest BCUT2D eigenvalue weighted by Gasteiger charge is -2.04. The number of nitrogens with zero attached hydrogens (tertiary/aromatic N) is 4. The number of hydrogen-bond acceptors (Lipinski definition) is 6. The number of hydrazone groups is 1. The third kappa shape index (κ3) is 4.59. The number of aryl methyl sites for hydroxylation is 1. The first-order valence-corrected chi connectivity index (χ1v) is 7.82. The summed E-state index contributed by atoms with van der Waals surface area (Å²) in [6, 6.07) is 2.93. The average Bonchev–Trinajstić information content (AvgIpc) is 2.57. The number of nitrogens with one attached hydrogen (secondary N) is 1. The molecule has 132 valence electrons. The summed E-state index contributed by atoms with van der Waals surface area (Å²) in [6.07, 6.45) is 1.03. The lowest BCUT2D eigenvalue weighted by molar-refractivity contribution is -0.118. The Kier molecular flexibility index (Phi) is 5.80. The lowest BCUT2D eigenvalue weighted by Crippen LogP contribution is -2.39. The number of aromatic nitrogens is 3. The Bertz CT molecular complexity index is 954. The van der Waals surface area contributed by atoms with Crippen LogP contribution in [0.5, 0.6) is 0 Å². The normalized spacial score (nSPS) is 11.0. The first-order chi connectivity index (χ1) is 11.8. The van der Waals surface area contributed by atoms with Gasteiger partial charge in [-0.2, -0.15) is 10.2 Å². The van der Waals surface area contributed by atoms with Gasteiger partial charge in [-0.25, -0.2) is 23.7 Å². The van der Waals surface area contributed by atoms with Crippen LogP contribution in [0, 0.1) is 11.6 Å². The summed E-state index contributed by atoms with van der Waals surface area (Å²) >= 11 is 0.830. The lowest BCUT2D eigenvalue weighted by atomic mass is 10.2. The van der Waals surface area contributed by atoms with Crippen LogP contribution in [-0.4, -0.2) is 32.2 Å². The number of benzene rings is 1. The van der Waals surface area contributed by atoms with Gasteiger partial charge in [0.15, 0.2) is 5.03 Å².